The highest BCUT2D eigenvalue weighted by Crippen LogP contribution is 2.45. The Balaban J connectivity index is 5.17. The minimum absolute atomic E-state index is 0.108. The molecule has 0 aromatic carbocycles. The summed E-state index contributed by atoms with van der Waals surface area (Å²) in [5, 5.41) is 10.6. The minimum Gasteiger partial charge on any atom is -0.462 e. The standard InChI is InChI=1S/C78H152O17P2/c1-6-9-12-15-18-20-22-24-26-27-28-29-30-32-34-40-44-49-54-59-64-78(83)95-74(68-89-76(81)62-57-52-47-42-38-36-35-37-41-46-50-55-60-71(4)5)70-93-97(86,87)91-66-72(79)65-90-96(84,85)92-69-73(67-88-75(80)61-56-51-45-17-14-11-8-3)94-77(82)63-58-53-48-43-39-33-31-25-23-21-19-16-13-10-7-2/h71-74,79H,6-70H2,1-5H3,(H,84,85)(H,86,87)/t72-,73+,74+/m0/s1. The molecule has 0 spiro atoms. The van der Waals surface area contributed by atoms with Crippen molar-refractivity contribution in [3.05, 3.63) is 0 Å². The summed E-state index contributed by atoms with van der Waals surface area (Å²) in [4.78, 5) is 72.8. The normalized spacial score (nSPS) is 13.9. The molecule has 576 valence electrons. The van der Waals surface area contributed by atoms with E-state index in [-0.39, 0.29) is 25.7 Å². The summed E-state index contributed by atoms with van der Waals surface area (Å²) in [6.07, 6.45) is 61.2. The van der Waals surface area contributed by atoms with Crippen molar-refractivity contribution in [3.8, 4) is 0 Å². The number of carbonyl (C=O) groups excluding carboxylic acids is 4. The molecule has 0 amide bonds. The van der Waals surface area contributed by atoms with E-state index in [4.69, 9.17) is 37.0 Å². The van der Waals surface area contributed by atoms with Gasteiger partial charge in [0.2, 0.25) is 0 Å². The minimum atomic E-state index is -4.96. The third kappa shape index (κ3) is 72.2. The van der Waals surface area contributed by atoms with Gasteiger partial charge in [0.25, 0.3) is 0 Å². The Morgan fingerprint density at radius 3 is 0.701 bits per heavy atom. The van der Waals surface area contributed by atoms with Crippen LogP contribution in [-0.2, 0) is 65.4 Å². The van der Waals surface area contributed by atoms with E-state index in [1.54, 1.807) is 0 Å². The number of esters is 4. The van der Waals surface area contributed by atoms with E-state index in [9.17, 15) is 43.2 Å². The van der Waals surface area contributed by atoms with Crippen LogP contribution in [0.5, 0.6) is 0 Å². The Labute approximate surface area is 594 Å². The monoisotopic (exact) mass is 1420 g/mol. The molecule has 0 aromatic rings. The number of hydrogen-bond donors (Lipinski definition) is 3. The summed E-state index contributed by atoms with van der Waals surface area (Å²) < 4.78 is 68.5. The van der Waals surface area contributed by atoms with Gasteiger partial charge in [0.15, 0.2) is 12.2 Å². The molecule has 5 atom stereocenters. The third-order valence-electron chi connectivity index (χ3n) is 18.3. The lowest BCUT2D eigenvalue weighted by Gasteiger charge is -2.21. The highest BCUT2D eigenvalue weighted by Gasteiger charge is 2.30. The largest absolute Gasteiger partial charge is 0.472 e. The molecule has 0 heterocycles. The van der Waals surface area contributed by atoms with E-state index in [1.165, 1.54) is 225 Å². The lowest BCUT2D eigenvalue weighted by atomic mass is 10.0. The van der Waals surface area contributed by atoms with Gasteiger partial charge in [-0.25, -0.2) is 9.13 Å². The molecule has 0 bridgehead atoms. The maximum absolute atomic E-state index is 13.1. The molecule has 0 aliphatic heterocycles. The van der Waals surface area contributed by atoms with Crippen molar-refractivity contribution >= 4 is 39.5 Å². The number of carbonyl (C=O) groups is 4. The van der Waals surface area contributed by atoms with Crippen molar-refractivity contribution in [3.63, 3.8) is 0 Å². The number of rotatable bonds is 78. The molecular formula is C78H152O17P2. The van der Waals surface area contributed by atoms with Gasteiger partial charge in [0, 0.05) is 25.7 Å². The summed E-state index contributed by atoms with van der Waals surface area (Å²) in [7, 11) is -9.91. The molecule has 3 N–H and O–H groups in total. The fourth-order valence-electron chi connectivity index (χ4n) is 12.1. The molecule has 0 aliphatic rings. The zero-order valence-electron chi connectivity index (χ0n) is 63.2. The topological polar surface area (TPSA) is 237 Å². The first-order valence-electron chi connectivity index (χ1n) is 40.6. The first-order chi connectivity index (χ1) is 47.0. The Morgan fingerprint density at radius 2 is 0.474 bits per heavy atom. The van der Waals surface area contributed by atoms with Crippen LogP contribution >= 0.6 is 15.6 Å². The van der Waals surface area contributed by atoms with Crippen LogP contribution in [0.3, 0.4) is 0 Å². The molecule has 0 saturated carbocycles. The Morgan fingerprint density at radius 1 is 0.278 bits per heavy atom. The van der Waals surface area contributed by atoms with E-state index in [0.29, 0.717) is 25.7 Å². The van der Waals surface area contributed by atoms with Crippen LogP contribution in [0.25, 0.3) is 0 Å². The molecule has 0 rings (SSSR count). The van der Waals surface area contributed by atoms with Crippen molar-refractivity contribution in [1.29, 1.82) is 0 Å². The smallest absolute Gasteiger partial charge is 0.462 e. The second-order valence-electron chi connectivity index (χ2n) is 28.6. The summed E-state index contributed by atoms with van der Waals surface area (Å²) in [6, 6.07) is 0. The van der Waals surface area contributed by atoms with Gasteiger partial charge in [0.1, 0.15) is 19.3 Å². The van der Waals surface area contributed by atoms with Crippen LogP contribution in [0, 0.1) is 5.92 Å². The first kappa shape index (κ1) is 95.1. The predicted octanol–water partition coefficient (Wildman–Crippen LogP) is 23.3. The zero-order valence-corrected chi connectivity index (χ0v) is 65.0. The maximum atomic E-state index is 13.1. The number of phosphoric ester groups is 2. The Bertz CT molecular complexity index is 1860. The van der Waals surface area contributed by atoms with Crippen LogP contribution in [0.4, 0.5) is 0 Å². The summed E-state index contributed by atoms with van der Waals surface area (Å²) in [5.74, 6) is -1.33. The van der Waals surface area contributed by atoms with Crippen LogP contribution in [-0.4, -0.2) is 96.7 Å². The number of aliphatic hydroxyl groups excluding tert-OH is 1. The average molecular weight is 1420 g/mol. The first-order valence-corrected chi connectivity index (χ1v) is 43.6. The van der Waals surface area contributed by atoms with E-state index in [1.807, 2.05) is 0 Å². The summed E-state index contributed by atoms with van der Waals surface area (Å²) in [5.41, 5.74) is 0. The van der Waals surface area contributed by atoms with Crippen LogP contribution in [0.15, 0.2) is 0 Å². The molecule has 97 heavy (non-hydrogen) atoms. The molecule has 0 radical (unpaired) electrons. The van der Waals surface area contributed by atoms with Gasteiger partial charge in [-0.05, 0) is 31.6 Å². The number of ether oxygens (including phenoxy) is 4. The van der Waals surface area contributed by atoms with Crippen LogP contribution < -0.4 is 0 Å². The molecule has 0 saturated heterocycles. The van der Waals surface area contributed by atoms with Crippen molar-refractivity contribution in [2.45, 2.75) is 432 Å². The molecule has 17 nitrogen and oxygen atoms in total. The van der Waals surface area contributed by atoms with Gasteiger partial charge >= 0.3 is 39.5 Å². The average Bonchev–Trinajstić information content (AvgIpc) is 1.32. The van der Waals surface area contributed by atoms with Crippen molar-refractivity contribution in [2.75, 3.05) is 39.6 Å². The second-order valence-corrected chi connectivity index (χ2v) is 31.5. The number of unbranched alkanes of at least 4 members (excludes halogenated alkanes) is 50. The fourth-order valence-corrected chi connectivity index (χ4v) is 13.6. The van der Waals surface area contributed by atoms with Gasteiger partial charge in [-0.2, -0.15) is 0 Å². The summed E-state index contributed by atoms with van der Waals surface area (Å²) in [6.45, 7) is 7.28. The molecular weight excluding hydrogens is 1270 g/mol. The lowest BCUT2D eigenvalue weighted by Crippen LogP contribution is -2.30. The van der Waals surface area contributed by atoms with Gasteiger partial charge in [0.05, 0.1) is 26.4 Å². The highest BCUT2D eigenvalue weighted by atomic mass is 31.2. The highest BCUT2D eigenvalue weighted by molar-refractivity contribution is 7.47. The Kier molecular flexibility index (Phi) is 69.6. The van der Waals surface area contributed by atoms with Crippen LogP contribution in [0.1, 0.15) is 413 Å². The molecule has 0 fully saturated rings. The van der Waals surface area contributed by atoms with E-state index < -0.39 is 97.5 Å². The van der Waals surface area contributed by atoms with Crippen molar-refractivity contribution in [1.82, 2.24) is 0 Å². The van der Waals surface area contributed by atoms with Crippen molar-refractivity contribution in [2.24, 2.45) is 5.92 Å². The molecule has 19 heteroatoms. The predicted molar refractivity (Wildman–Crippen MR) is 395 cm³/mol. The van der Waals surface area contributed by atoms with Gasteiger partial charge in [-0.3, -0.25) is 37.3 Å². The lowest BCUT2D eigenvalue weighted by molar-refractivity contribution is -0.161. The van der Waals surface area contributed by atoms with Gasteiger partial charge < -0.3 is 33.8 Å². The Hall–Kier alpha value is -1.94. The van der Waals surface area contributed by atoms with E-state index >= 15 is 0 Å². The van der Waals surface area contributed by atoms with Gasteiger partial charge in [-0.15, -0.1) is 0 Å². The van der Waals surface area contributed by atoms with Crippen molar-refractivity contribution < 1.29 is 80.2 Å². The van der Waals surface area contributed by atoms with Gasteiger partial charge in [-0.1, -0.05) is 362 Å². The zero-order chi connectivity index (χ0) is 71.2. The second kappa shape index (κ2) is 71.1. The molecule has 2 unspecified atom stereocenters. The quantitative estimate of drug-likeness (QED) is 0.0222. The molecule has 0 aliphatic carbocycles. The fraction of sp³-hybridized carbons (Fsp3) is 0.949. The van der Waals surface area contributed by atoms with E-state index in [2.05, 4.69) is 34.6 Å². The SMILES string of the molecule is CCCCCCCCCCCCCCCCCCCCCCC(=O)O[C@H](COC(=O)CCCCCCCCCCCCCCC(C)C)COP(=O)(O)OC[C@@H](O)COP(=O)(O)OC[C@@H](COC(=O)CCCCCCCCC)OC(=O)CCCCCCCCCCCCCCCCC. The number of aliphatic hydroxyl groups is 1. The number of phosphoric acid groups is 2. The summed E-state index contributed by atoms with van der Waals surface area (Å²) >= 11 is 0. The molecule has 0 aromatic heterocycles. The number of hydrogen-bond acceptors (Lipinski definition) is 15. The van der Waals surface area contributed by atoms with E-state index in [0.717, 1.165) is 109 Å². The maximum Gasteiger partial charge on any atom is 0.472 e. The van der Waals surface area contributed by atoms with Crippen LogP contribution in [0.2, 0.25) is 0 Å². The third-order valence-corrected chi connectivity index (χ3v) is 20.2.